The Morgan fingerprint density at radius 2 is 1.61 bits per heavy atom. The van der Waals surface area contributed by atoms with Crippen molar-refractivity contribution in [3.63, 3.8) is 0 Å². The number of para-hydroxylation sites is 2. The van der Waals surface area contributed by atoms with Crippen molar-refractivity contribution >= 4 is 7.82 Å². The lowest BCUT2D eigenvalue weighted by Crippen LogP contribution is -2.63. The molecule has 0 amide bonds. The van der Waals surface area contributed by atoms with Gasteiger partial charge in [-0.25, -0.2) is 14.3 Å². The van der Waals surface area contributed by atoms with E-state index < -0.39 is 25.5 Å². The molecule has 3 heterocycles. The van der Waals surface area contributed by atoms with E-state index in [4.69, 9.17) is 32.8 Å². The van der Waals surface area contributed by atoms with Crippen LogP contribution in [0.25, 0.3) is 0 Å². The summed E-state index contributed by atoms with van der Waals surface area (Å²) in [5.41, 5.74) is -0.759. The fourth-order valence-electron chi connectivity index (χ4n) is 5.78. The fourth-order valence-corrected chi connectivity index (χ4v) is 7.01. The molecule has 1 saturated carbocycles. The van der Waals surface area contributed by atoms with Crippen LogP contribution in [0.1, 0.15) is 46.0 Å². The molecule has 3 aliphatic heterocycles. The molecule has 3 saturated heterocycles. The number of phosphoric acid groups is 1. The third-order valence-electron chi connectivity index (χ3n) is 7.83. The van der Waals surface area contributed by atoms with Crippen molar-refractivity contribution in [1.29, 1.82) is 0 Å². The second kappa shape index (κ2) is 10.4. The smallest absolute Gasteiger partial charge is 0.395 e. The van der Waals surface area contributed by atoms with Gasteiger partial charge in [0.1, 0.15) is 11.5 Å². The van der Waals surface area contributed by atoms with Crippen molar-refractivity contribution in [3.8, 4) is 11.5 Å². The van der Waals surface area contributed by atoms with Crippen molar-refractivity contribution in [2.24, 2.45) is 17.8 Å². The summed E-state index contributed by atoms with van der Waals surface area (Å²) in [6.07, 6.45) is 3.86. The number of methoxy groups -OCH3 is 1. The van der Waals surface area contributed by atoms with E-state index in [0.717, 1.165) is 25.7 Å². The minimum atomic E-state index is -3.97. The summed E-state index contributed by atoms with van der Waals surface area (Å²) in [5.74, 6) is 0.334. The second-order valence-electron chi connectivity index (χ2n) is 10.1. The van der Waals surface area contributed by atoms with E-state index in [-0.39, 0.29) is 24.4 Å². The molecule has 196 valence electrons. The predicted molar refractivity (Wildman–Crippen MR) is 132 cm³/mol. The van der Waals surface area contributed by atoms with Crippen LogP contribution in [0.5, 0.6) is 11.5 Å². The van der Waals surface area contributed by atoms with E-state index in [9.17, 15) is 4.57 Å². The third-order valence-corrected chi connectivity index (χ3v) is 9.19. The first-order valence-electron chi connectivity index (χ1n) is 12.7. The lowest BCUT2D eigenvalue weighted by molar-refractivity contribution is -0.560. The topological polar surface area (TPSA) is 81.7 Å². The van der Waals surface area contributed by atoms with Gasteiger partial charge >= 0.3 is 7.82 Å². The van der Waals surface area contributed by atoms with Crippen LogP contribution in [0.2, 0.25) is 0 Å². The Labute approximate surface area is 212 Å². The van der Waals surface area contributed by atoms with Crippen LogP contribution in [0.3, 0.4) is 0 Å². The van der Waals surface area contributed by atoms with Gasteiger partial charge in [0, 0.05) is 13.0 Å². The first kappa shape index (κ1) is 25.7. The van der Waals surface area contributed by atoms with Gasteiger partial charge in [-0.2, -0.15) is 0 Å². The van der Waals surface area contributed by atoms with E-state index in [0.29, 0.717) is 17.9 Å². The van der Waals surface area contributed by atoms with E-state index in [2.05, 4.69) is 6.92 Å². The van der Waals surface area contributed by atoms with E-state index >= 15 is 0 Å². The van der Waals surface area contributed by atoms with Crippen LogP contribution in [0, 0.1) is 17.8 Å². The molecule has 1 spiro atoms. The Hall–Kier alpha value is -1.93. The van der Waals surface area contributed by atoms with Crippen LogP contribution in [0.4, 0.5) is 0 Å². The minimum Gasteiger partial charge on any atom is -0.395 e. The van der Waals surface area contributed by atoms with Crippen molar-refractivity contribution in [3.05, 3.63) is 60.7 Å². The number of benzene rings is 2. The second-order valence-corrected chi connectivity index (χ2v) is 11.6. The summed E-state index contributed by atoms with van der Waals surface area (Å²) >= 11 is 0. The molecule has 0 radical (unpaired) electrons. The molecule has 0 unspecified atom stereocenters. The number of fused-ring (bicyclic) bond motifs is 3. The maximum atomic E-state index is 13.7. The first-order chi connectivity index (χ1) is 17.4. The molecular formula is C27H35O8P. The Kier molecular flexibility index (Phi) is 7.46. The summed E-state index contributed by atoms with van der Waals surface area (Å²) < 4.78 is 43.3. The molecule has 6 atom stereocenters. The summed E-state index contributed by atoms with van der Waals surface area (Å²) in [7, 11) is -2.33. The van der Waals surface area contributed by atoms with Gasteiger partial charge in [0.25, 0.3) is 0 Å². The van der Waals surface area contributed by atoms with Crippen LogP contribution in [-0.4, -0.2) is 31.4 Å². The maximum Gasteiger partial charge on any atom is 0.587 e. The van der Waals surface area contributed by atoms with Gasteiger partial charge in [0.15, 0.2) is 11.9 Å². The number of ether oxygens (including phenoxy) is 2. The highest BCUT2D eigenvalue weighted by Crippen LogP contribution is 2.57. The molecule has 0 aromatic heterocycles. The van der Waals surface area contributed by atoms with Crippen LogP contribution in [0.15, 0.2) is 60.7 Å². The van der Waals surface area contributed by atoms with Crippen LogP contribution >= 0.6 is 7.82 Å². The van der Waals surface area contributed by atoms with Crippen molar-refractivity contribution < 1.29 is 37.4 Å². The van der Waals surface area contributed by atoms with E-state index in [1.807, 2.05) is 19.1 Å². The van der Waals surface area contributed by atoms with Crippen LogP contribution < -0.4 is 9.05 Å². The molecule has 4 fully saturated rings. The number of rotatable bonds is 9. The van der Waals surface area contributed by atoms with Gasteiger partial charge in [0.05, 0.1) is 6.61 Å². The zero-order chi connectivity index (χ0) is 25.2. The van der Waals surface area contributed by atoms with Gasteiger partial charge < -0.3 is 18.5 Å². The average molecular weight is 519 g/mol. The molecule has 0 N–H and O–H groups in total. The monoisotopic (exact) mass is 518 g/mol. The largest absolute Gasteiger partial charge is 0.587 e. The van der Waals surface area contributed by atoms with Crippen molar-refractivity contribution in [1.82, 2.24) is 0 Å². The van der Waals surface area contributed by atoms with E-state index in [1.54, 1.807) is 55.6 Å². The highest BCUT2D eigenvalue weighted by molar-refractivity contribution is 7.49. The van der Waals surface area contributed by atoms with Gasteiger partial charge in [-0.3, -0.25) is 4.52 Å². The van der Waals surface area contributed by atoms with Gasteiger partial charge in [-0.05, 0) is 68.7 Å². The molecule has 2 aromatic carbocycles. The highest BCUT2D eigenvalue weighted by atomic mass is 31.2. The zero-order valence-electron chi connectivity index (χ0n) is 21.0. The summed E-state index contributed by atoms with van der Waals surface area (Å²) in [6, 6.07) is 17.8. The Balaban J connectivity index is 1.33. The molecule has 8 nitrogen and oxygen atoms in total. The first-order valence-corrected chi connectivity index (χ1v) is 14.1. The Bertz CT molecular complexity index is 1000. The third kappa shape index (κ3) is 4.95. The molecule has 2 aromatic rings. The Morgan fingerprint density at radius 1 is 0.972 bits per heavy atom. The Morgan fingerprint density at radius 3 is 2.22 bits per heavy atom. The summed E-state index contributed by atoms with van der Waals surface area (Å²) in [6.45, 7) is 4.18. The number of hydrogen-bond acceptors (Lipinski definition) is 8. The summed E-state index contributed by atoms with van der Waals surface area (Å²) in [5, 5.41) is 0. The molecule has 6 rings (SSSR count). The summed E-state index contributed by atoms with van der Waals surface area (Å²) in [4.78, 5) is 12.1. The lowest BCUT2D eigenvalue weighted by atomic mass is 9.65. The molecule has 36 heavy (non-hydrogen) atoms. The standard InChI is InChI=1S/C27H35O8P/c1-20-19-22-12-10-11-21(27(22)25(29-3)31-26(20,2)34-35-27)17-18-30-36(28,32-23-13-6-4-7-14-23)33-24-15-8-5-9-16-24/h4-9,13-16,20-22,25H,10-12,17-19H2,1-3H3/t20-,21-,22+,25-,26+,27-/m0/s1. The van der Waals surface area contributed by atoms with Gasteiger partial charge in [-0.1, -0.05) is 49.7 Å². The van der Waals surface area contributed by atoms with Crippen LogP contribution in [-0.2, 0) is 28.3 Å². The van der Waals surface area contributed by atoms with Crippen molar-refractivity contribution in [2.75, 3.05) is 13.7 Å². The van der Waals surface area contributed by atoms with Gasteiger partial charge in [0.2, 0.25) is 5.79 Å². The van der Waals surface area contributed by atoms with Gasteiger partial charge in [-0.15, -0.1) is 0 Å². The molecule has 4 aliphatic rings. The quantitative estimate of drug-likeness (QED) is 0.274. The predicted octanol–water partition coefficient (Wildman–Crippen LogP) is 6.52. The maximum absolute atomic E-state index is 13.7. The number of hydrogen-bond donors (Lipinski definition) is 0. The molecular weight excluding hydrogens is 483 g/mol. The minimum absolute atomic E-state index is 0.0120. The highest BCUT2D eigenvalue weighted by Gasteiger charge is 2.65. The number of phosphoric ester groups is 1. The molecule has 9 heteroatoms. The zero-order valence-corrected chi connectivity index (χ0v) is 21.9. The lowest BCUT2D eigenvalue weighted by Gasteiger charge is -2.53. The SMILES string of the molecule is CO[C@H]1O[C@]2(C)OO[C@]13[C@H](CCOP(=O)(Oc1ccccc1)Oc1ccccc1)CCC[C@@H]3C[C@@H]2C. The normalized spacial score (nSPS) is 34.0. The van der Waals surface area contributed by atoms with Crippen molar-refractivity contribution in [2.45, 2.75) is 63.6 Å². The van der Waals surface area contributed by atoms with E-state index in [1.165, 1.54) is 0 Å². The molecule has 2 bridgehead atoms. The molecule has 1 aliphatic carbocycles. The fraction of sp³-hybridized carbons (Fsp3) is 0.556. The average Bonchev–Trinajstić information content (AvgIpc) is 3.05.